The number of hydrogen-bond acceptors (Lipinski definition) is 3. The normalized spacial score (nSPS) is 11.2. The zero-order valence-electron chi connectivity index (χ0n) is 14.9. The molecular formula is C23H13F3N2O. The fourth-order valence-corrected chi connectivity index (χ4v) is 3.19. The van der Waals surface area contributed by atoms with Gasteiger partial charge in [0.15, 0.2) is 0 Å². The molecule has 0 spiro atoms. The smallest absolute Gasteiger partial charge is 0.418 e. The summed E-state index contributed by atoms with van der Waals surface area (Å²) < 4.78 is 46.1. The minimum atomic E-state index is -4.55. The minimum Gasteiger partial charge on any atom is -0.457 e. The van der Waals surface area contributed by atoms with Crippen molar-refractivity contribution in [2.75, 3.05) is 0 Å². The molecule has 1 heterocycles. The van der Waals surface area contributed by atoms with Gasteiger partial charge < -0.3 is 4.74 Å². The summed E-state index contributed by atoms with van der Waals surface area (Å²) >= 11 is 0. The molecule has 0 aliphatic carbocycles. The molecule has 0 saturated heterocycles. The molecule has 0 amide bonds. The second-order valence-corrected chi connectivity index (χ2v) is 6.30. The highest BCUT2D eigenvalue weighted by atomic mass is 19.4. The molecule has 3 nitrogen and oxygen atoms in total. The van der Waals surface area contributed by atoms with E-state index in [-0.39, 0.29) is 16.5 Å². The Hall–Kier alpha value is -3.85. The van der Waals surface area contributed by atoms with E-state index in [1.165, 1.54) is 12.3 Å². The molecule has 0 N–H and O–H groups in total. The van der Waals surface area contributed by atoms with Gasteiger partial charge in [0.1, 0.15) is 17.6 Å². The van der Waals surface area contributed by atoms with E-state index < -0.39 is 11.7 Å². The van der Waals surface area contributed by atoms with Crippen molar-refractivity contribution >= 4 is 10.9 Å². The van der Waals surface area contributed by atoms with Crippen LogP contribution in [0.2, 0.25) is 0 Å². The van der Waals surface area contributed by atoms with Crippen molar-refractivity contribution in [3.63, 3.8) is 0 Å². The number of nitrogens with zero attached hydrogens (tertiary/aromatic N) is 2. The van der Waals surface area contributed by atoms with E-state index in [9.17, 15) is 18.4 Å². The largest absolute Gasteiger partial charge is 0.457 e. The third-order valence-corrected chi connectivity index (χ3v) is 4.42. The van der Waals surface area contributed by atoms with Crippen molar-refractivity contribution in [3.05, 3.63) is 90.1 Å². The molecule has 3 aromatic carbocycles. The average molecular weight is 390 g/mol. The van der Waals surface area contributed by atoms with E-state index in [0.717, 1.165) is 6.07 Å². The molecule has 29 heavy (non-hydrogen) atoms. The van der Waals surface area contributed by atoms with E-state index in [1.807, 2.05) is 24.3 Å². The van der Waals surface area contributed by atoms with Crippen molar-refractivity contribution in [1.29, 1.82) is 5.26 Å². The standard InChI is InChI=1S/C23H13F3N2O/c24-23(25,26)20-11-5-10-19-21(16(13-27)14-28-22(19)20)15-6-4-9-18(12-15)29-17-7-2-1-3-8-17/h1-12,14H. The Kier molecular flexibility index (Phi) is 4.65. The molecule has 0 saturated carbocycles. The number of fused-ring (bicyclic) bond motifs is 1. The van der Waals surface area contributed by atoms with Gasteiger partial charge in [-0.3, -0.25) is 4.98 Å². The van der Waals surface area contributed by atoms with Crippen LogP contribution in [0.3, 0.4) is 0 Å². The lowest BCUT2D eigenvalue weighted by Gasteiger charge is -2.14. The molecule has 0 bridgehead atoms. The summed E-state index contributed by atoms with van der Waals surface area (Å²) in [5, 5.41) is 9.79. The second-order valence-electron chi connectivity index (χ2n) is 6.30. The number of pyridine rings is 1. The maximum Gasteiger partial charge on any atom is 0.418 e. The fraction of sp³-hybridized carbons (Fsp3) is 0.0435. The summed E-state index contributed by atoms with van der Waals surface area (Å²) in [6.07, 6.45) is -3.37. The molecule has 4 rings (SSSR count). The van der Waals surface area contributed by atoms with E-state index >= 15 is 0 Å². The first-order valence-electron chi connectivity index (χ1n) is 8.70. The lowest BCUT2D eigenvalue weighted by Crippen LogP contribution is -2.07. The summed E-state index contributed by atoms with van der Waals surface area (Å²) in [4.78, 5) is 3.92. The molecule has 0 aliphatic heterocycles. The first-order chi connectivity index (χ1) is 14.0. The lowest BCUT2D eigenvalue weighted by molar-refractivity contribution is -0.136. The quantitative estimate of drug-likeness (QED) is 0.397. The number of alkyl halides is 3. The Labute approximate surface area is 164 Å². The number of ether oxygens (including phenoxy) is 1. The number of para-hydroxylation sites is 2. The summed E-state index contributed by atoms with van der Waals surface area (Å²) in [6.45, 7) is 0. The van der Waals surface area contributed by atoms with Crippen molar-refractivity contribution in [2.45, 2.75) is 6.18 Å². The van der Waals surface area contributed by atoms with E-state index in [1.54, 1.807) is 42.5 Å². The summed E-state index contributed by atoms with van der Waals surface area (Å²) in [7, 11) is 0. The first-order valence-corrected chi connectivity index (χ1v) is 8.70. The predicted octanol–water partition coefficient (Wildman–Crippen LogP) is 6.58. The highest BCUT2D eigenvalue weighted by molar-refractivity contribution is 5.98. The van der Waals surface area contributed by atoms with Gasteiger partial charge in [-0.25, -0.2) is 0 Å². The molecule has 6 heteroatoms. The van der Waals surface area contributed by atoms with Gasteiger partial charge in [-0.05, 0) is 35.9 Å². The highest BCUT2D eigenvalue weighted by Gasteiger charge is 2.33. The van der Waals surface area contributed by atoms with Crippen molar-refractivity contribution in [1.82, 2.24) is 4.98 Å². The number of nitriles is 1. The Morgan fingerprint density at radius 3 is 2.31 bits per heavy atom. The topological polar surface area (TPSA) is 45.9 Å². The SMILES string of the molecule is N#Cc1cnc2c(C(F)(F)F)cccc2c1-c1cccc(Oc2ccccc2)c1. The van der Waals surface area contributed by atoms with Crippen LogP contribution in [0.1, 0.15) is 11.1 Å². The number of benzene rings is 3. The second kappa shape index (κ2) is 7.28. The van der Waals surface area contributed by atoms with E-state index in [2.05, 4.69) is 4.98 Å². The van der Waals surface area contributed by atoms with Gasteiger partial charge in [0.25, 0.3) is 0 Å². The van der Waals surface area contributed by atoms with Gasteiger partial charge in [-0.15, -0.1) is 0 Å². The molecule has 0 atom stereocenters. The van der Waals surface area contributed by atoms with E-state index in [0.29, 0.717) is 22.6 Å². The van der Waals surface area contributed by atoms with Crippen LogP contribution in [0.5, 0.6) is 11.5 Å². The molecule has 142 valence electrons. The summed E-state index contributed by atoms with van der Waals surface area (Å²) in [5.74, 6) is 1.14. The van der Waals surface area contributed by atoms with Crippen LogP contribution in [0.4, 0.5) is 13.2 Å². The Balaban J connectivity index is 1.90. The fourth-order valence-electron chi connectivity index (χ4n) is 3.19. The van der Waals surface area contributed by atoms with Crippen LogP contribution in [-0.2, 0) is 6.18 Å². The molecule has 0 unspecified atom stereocenters. The number of halogens is 3. The summed E-state index contributed by atoms with van der Waals surface area (Å²) in [6, 6.07) is 21.9. The van der Waals surface area contributed by atoms with Gasteiger partial charge in [0, 0.05) is 17.1 Å². The predicted molar refractivity (Wildman–Crippen MR) is 103 cm³/mol. The van der Waals surface area contributed by atoms with Crippen LogP contribution < -0.4 is 4.74 Å². The average Bonchev–Trinajstić information content (AvgIpc) is 2.72. The van der Waals surface area contributed by atoms with Gasteiger partial charge in [-0.2, -0.15) is 18.4 Å². The van der Waals surface area contributed by atoms with Crippen LogP contribution >= 0.6 is 0 Å². The summed E-state index contributed by atoms with van der Waals surface area (Å²) in [5.41, 5.74) is 0.123. The monoisotopic (exact) mass is 390 g/mol. The van der Waals surface area contributed by atoms with E-state index in [4.69, 9.17) is 4.74 Å². The number of aromatic nitrogens is 1. The van der Waals surface area contributed by atoms with Crippen LogP contribution in [0, 0.1) is 11.3 Å². The van der Waals surface area contributed by atoms with Crippen LogP contribution in [0.15, 0.2) is 79.0 Å². The number of rotatable bonds is 3. The first kappa shape index (κ1) is 18.5. The Morgan fingerprint density at radius 2 is 1.59 bits per heavy atom. The molecule has 0 fully saturated rings. The lowest BCUT2D eigenvalue weighted by atomic mass is 9.95. The molecule has 4 aromatic rings. The Bertz CT molecular complexity index is 1230. The molecular weight excluding hydrogens is 377 g/mol. The minimum absolute atomic E-state index is 0.189. The zero-order valence-corrected chi connectivity index (χ0v) is 14.9. The molecule has 0 aliphatic rings. The maximum absolute atomic E-state index is 13.4. The van der Waals surface area contributed by atoms with Crippen LogP contribution in [0.25, 0.3) is 22.0 Å². The van der Waals surface area contributed by atoms with Crippen molar-refractivity contribution in [2.24, 2.45) is 0 Å². The van der Waals surface area contributed by atoms with Gasteiger partial charge >= 0.3 is 6.18 Å². The number of hydrogen-bond donors (Lipinski definition) is 0. The maximum atomic E-state index is 13.4. The van der Waals surface area contributed by atoms with Crippen LogP contribution in [-0.4, -0.2) is 4.98 Å². The van der Waals surface area contributed by atoms with Crippen molar-refractivity contribution in [3.8, 4) is 28.7 Å². The van der Waals surface area contributed by atoms with Crippen molar-refractivity contribution < 1.29 is 17.9 Å². The molecule has 1 aromatic heterocycles. The van der Waals surface area contributed by atoms with Gasteiger partial charge in [0.05, 0.1) is 16.6 Å². The van der Waals surface area contributed by atoms with Gasteiger partial charge in [0.2, 0.25) is 0 Å². The van der Waals surface area contributed by atoms with Gasteiger partial charge in [-0.1, -0.05) is 42.5 Å². The molecule has 0 radical (unpaired) electrons. The third kappa shape index (κ3) is 3.63. The zero-order chi connectivity index (χ0) is 20.4. The third-order valence-electron chi connectivity index (χ3n) is 4.42. The highest BCUT2D eigenvalue weighted by Crippen LogP contribution is 2.39. The Morgan fingerprint density at radius 1 is 0.862 bits per heavy atom.